The molecule has 1 aliphatic rings. The first-order chi connectivity index (χ1) is 9.81. The van der Waals surface area contributed by atoms with Crippen molar-refractivity contribution in [3.8, 4) is 5.75 Å². The number of hydrogen-bond donors (Lipinski definition) is 2. The first kappa shape index (κ1) is 16.3. The molecule has 0 spiro atoms. The van der Waals surface area contributed by atoms with E-state index in [1.54, 1.807) is 19.2 Å². The summed E-state index contributed by atoms with van der Waals surface area (Å²) in [5, 5.41) is -0.266. The van der Waals surface area contributed by atoms with Crippen LogP contribution in [0.4, 0.5) is 5.69 Å². The Morgan fingerprint density at radius 3 is 2.86 bits per heavy atom. The molecule has 21 heavy (non-hydrogen) atoms. The Labute approximate surface area is 127 Å². The molecule has 0 saturated heterocycles. The van der Waals surface area contributed by atoms with Crippen LogP contribution < -0.4 is 15.2 Å². The Balaban J connectivity index is 2.32. The van der Waals surface area contributed by atoms with E-state index in [1.807, 2.05) is 0 Å². The Kier molecular flexibility index (Phi) is 4.90. The van der Waals surface area contributed by atoms with Crippen molar-refractivity contribution in [1.82, 2.24) is 4.72 Å². The van der Waals surface area contributed by atoms with E-state index in [9.17, 15) is 12.6 Å². The maximum Gasteiger partial charge on any atom is 0.244 e. The number of nitrogens with two attached hydrogens (primary N) is 1. The maximum atomic E-state index is 12.4. The van der Waals surface area contributed by atoms with Crippen molar-refractivity contribution >= 4 is 26.5 Å². The number of fused-ring (bicyclic) bond motifs is 1. The molecule has 1 aromatic rings. The van der Waals surface area contributed by atoms with Gasteiger partial charge in [0, 0.05) is 34.5 Å². The van der Waals surface area contributed by atoms with Crippen LogP contribution in [0.3, 0.4) is 0 Å². The average molecular weight is 332 g/mol. The second-order valence-corrected chi connectivity index (χ2v) is 8.66. The van der Waals surface area contributed by atoms with Gasteiger partial charge in [0.15, 0.2) is 0 Å². The molecule has 0 amide bonds. The van der Waals surface area contributed by atoms with Crippen LogP contribution >= 0.6 is 0 Å². The molecule has 1 aliphatic heterocycles. The summed E-state index contributed by atoms with van der Waals surface area (Å²) in [6.07, 6.45) is 3.14. The highest BCUT2D eigenvalue weighted by atomic mass is 32.2. The summed E-state index contributed by atoms with van der Waals surface area (Å²) in [5.74, 6) is 0.383. The molecule has 8 heteroatoms. The highest BCUT2D eigenvalue weighted by Crippen LogP contribution is 2.34. The Hall–Kier alpha value is -1.12. The predicted octanol–water partition coefficient (Wildman–Crippen LogP) is 0.639. The lowest BCUT2D eigenvalue weighted by Gasteiger charge is -2.21. The molecule has 2 unspecified atom stereocenters. The van der Waals surface area contributed by atoms with Crippen molar-refractivity contribution in [3.63, 3.8) is 0 Å². The van der Waals surface area contributed by atoms with E-state index < -0.39 is 20.8 Å². The number of rotatable bonds is 5. The van der Waals surface area contributed by atoms with Crippen LogP contribution in [-0.4, -0.2) is 37.3 Å². The molecule has 0 bridgehead atoms. The zero-order chi connectivity index (χ0) is 15.6. The molecule has 118 valence electrons. The van der Waals surface area contributed by atoms with Crippen LogP contribution in [0, 0.1) is 0 Å². The molecule has 1 aromatic carbocycles. The molecule has 6 nitrogen and oxygen atoms in total. The highest BCUT2D eigenvalue weighted by molar-refractivity contribution is 7.89. The largest absolute Gasteiger partial charge is 0.492 e. The normalized spacial score (nSPS) is 17.6. The monoisotopic (exact) mass is 332 g/mol. The fraction of sp³-hybridized carbons (Fsp3) is 0.538. The van der Waals surface area contributed by atoms with Crippen molar-refractivity contribution in [2.24, 2.45) is 0 Å². The lowest BCUT2D eigenvalue weighted by Crippen LogP contribution is -2.33. The summed E-state index contributed by atoms with van der Waals surface area (Å²) in [6.45, 7) is 2.33. The van der Waals surface area contributed by atoms with Gasteiger partial charge >= 0.3 is 0 Å². The van der Waals surface area contributed by atoms with Crippen molar-refractivity contribution in [3.05, 3.63) is 17.7 Å². The minimum absolute atomic E-state index is 0.0614. The van der Waals surface area contributed by atoms with E-state index in [-0.39, 0.29) is 16.7 Å². The van der Waals surface area contributed by atoms with Gasteiger partial charge < -0.3 is 10.5 Å². The topological polar surface area (TPSA) is 98.5 Å². The molecule has 0 radical (unpaired) electrons. The van der Waals surface area contributed by atoms with E-state index in [0.29, 0.717) is 18.0 Å². The molecule has 0 aliphatic carbocycles. The van der Waals surface area contributed by atoms with Crippen LogP contribution in [0.1, 0.15) is 18.9 Å². The fourth-order valence-corrected chi connectivity index (χ4v) is 3.87. The first-order valence-electron chi connectivity index (χ1n) is 6.68. The van der Waals surface area contributed by atoms with Crippen molar-refractivity contribution in [2.45, 2.75) is 29.9 Å². The van der Waals surface area contributed by atoms with Crippen molar-refractivity contribution in [1.29, 1.82) is 0 Å². The molecule has 2 rings (SSSR count). The smallest absolute Gasteiger partial charge is 0.244 e. The minimum Gasteiger partial charge on any atom is -0.492 e. The molecule has 1 heterocycles. The summed E-state index contributed by atoms with van der Waals surface area (Å²) in [7, 11) is -4.83. The zero-order valence-electron chi connectivity index (χ0n) is 12.1. The van der Waals surface area contributed by atoms with Crippen molar-refractivity contribution in [2.75, 3.05) is 25.1 Å². The Morgan fingerprint density at radius 1 is 1.48 bits per heavy atom. The second kappa shape index (κ2) is 6.33. The fourth-order valence-electron chi connectivity index (χ4n) is 2.09. The maximum absolute atomic E-state index is 12.4. The number of nitrogen functional groups attached to an aromatic ring is 1. The predicted molar refractivity (Wildman–Crippen MR) is 83.4 cm³/mol. The third-order valence-electron chi connectivity index (χ3n) is 3.41. The number of benzene rings is 1. The van der Waals surface area contributed by atoms with Crippen LogP contribution in [-0.2, 0) is 27.2 Å². The highest BCUT2D eigenvalue weighted by Gasteiger charge is 2.25. The van der Waals surface area contributed by atoms with Crippen LogP contribution in [0.15, 0.2) is 17.0 Å². The summed E-state index contributed by atoms with van der Waals surface area (Å²) in [6, 6.07) is 3.15. The summed E-state index contributed by atoms with van der Waals surface area (Å²) in [5.41, 5.74) is 7.00. The molecule has 0 aromatic heterocycles. The van der Waals surface area contributed by atoms with Gasteiger partial charge in [0.1, 0.15) is 10.6 Å². The van der Waals surface area contributed by atoms with Gasteiger partial charge in [-0.05, 0) is 37.5 Å². The summed E-state index contributed by atoms with van der Waals surface area (Å²) in [4.78, 5) is 0.0614. The van der Waals surface area contributed by atoms with E-state index in [1.165, 1.54) is 6.07 Å². The van der Waals surface area contributed by atoms with Crippen LogP contribution in [0.25, 0.3) is 0 Å². The van der Waals surface area contributed by atoms with Gasteiger partial charge in [-0.15, -0.1) is 0 Å². The second-order valence-electron chi connectivity index (χ2n) is 5.12. The summed E-state index contributed by atoms with van der Waals surface area (Å²) >= 11 is 0. The van der Waals surface area contributed by atoms with Gasteiger partial charge in [0.05, 0.1) is 6.61 Å². The lowest BCUT2D eigenvalue weighted by molar-refractivity contribution is 0.280. The number of anilines is 1. The quantitative estimate of drug-likeness (QED) is 0.771. The Morgan fingerprint density at radius 2 is 2.19 bits per heavy atom. The number of hydrogen-bond acceptors (Lipinski definition) is 5. The third kappa shape index (κ3) is 3.75. The van der Waals surface area contributed by atoms with E-state index in [0.717, 1.165) is 18.4 Å². The van der Waals surface area contributed by atoms with Gasteiger partial charge in [0.25, 0.3) is 0 Å². The van der Waals surface area contributed by atoms with E-state index >= 15 is 0 Å². The van der Waals surface area contributed by atoms with Gasteiger partial charge in [0.2, 0.25) is 10.0 Å². The molecule has 0 saturated carbocycles. The molecular formula is C13H20N2O4S2. The van der Waals surface area contributed by atoms with Gasteiger partial charge in [-0.1, -0.05) is 0 Å². The molecule has 2 atom stereocenters. The van der Waals surface area contributed by atoms with Crippen molar-refractivity contribution < 1.29 is 17.4 Å². The SMILES string of the molecule is CC(CNS(=O)(=O)c1cc(N)cc2c1OCCC2)S(C)=O. The standard InChI is InChI=1S/C13H20N2O4S2/c1-9(20(2)16)8-15-21(17,18)12-7-11(14)6-10-4-3-5-19-13(10)12/h6-7,9,15H,3-5,8,14H2,1-2H3. The Bertz CT molecular complexity index is 658. The van der Waals surface area contributed by atoms with Gasteiger partial charge in [-0.2, -0.15) is 0 Å². The average Bonchev–Trinajstić information content (AvgIpc) is 2.43. The lowest BCUT2D eigenvalue weighted by atomic mass is 10.1. The van der Waals surface area contributed by atoms with Crippen LogP contribution in [0.2, 0.25) is 0 Å². The number of aryl methyl sites for hydroxylation is 1. The molecule has 0 fully saturated rings. The van der Waals surface area contributed by atoms with E-state index in [4.69, 9.17) is 10.5 Å². The first-order valence-corrected chi connectivity index (χ1v) is 9.79. The van der Waals surface area contributed by atoms with Gasteiger partial charge in [-0.3, -0.25) is 4.21 Å². The molecular weight excluding hydrogens is 312 g/mol. The zero-order valence-corrected chi connectivity index (χ0v) is 13.7. The number of sulfonamides is 1. The third-order valence-corrected chi connectivity index (χ3v) is 6.14. The van der Waals surface area contributed by atoms with Gasteiger partial charge in [-0.25, -0.2) is 13.1 Å². The number of nitrogens with one attached hydrogen (secondary N) is 1. The summed E-state index contributed by atoms with van der Waals surface area (Å²) < 4.78 is 44.2. The minimum atomic E-state index is -3.74. The molecule has 3 N–H and O–H groups in total. The number of ether oxygens (including phenoxy) is 1. The van der Waals surface area contributed by atoms with E-state index in [2.05, 4.69) is 4.72 Å². The van der Waals surface area contributed by atoms with Crippen LogP contribution in [0.5, 0.6) is 5.75 Å².